The molecule has 1 aliphatic carbocycles. The van der Waals surface area contributed by atoms with Crippen LogP contribution in [0.3, 0.4) is 0 Å². The average Bonchev–Trinajstić information content (AvgIpc) is 3.60. The zero-order valence-corrected chi connectivity index (χ0v) is 20.2. The maximum Gasteiger partial charge on any atom is 0.419 e. The van der Waals surface area contributed by atoms with Crippen LogP contribution in [0.2, 0.25) is 0 Å². The molecule has 12 nitrogen and oxygen atoms in total. The number of hydrogen-bond acceptors (Lipinski definition) is 7. The van der Waals surface area contributed by atoms with Gasteiger partial charge in [-0.05, 0) is 56.9 Å². The molecule has 1 aromatic heterocycles. The normalized spacial score (nSPS) is 13.4. The molecule has 0 aliphatic heterocycles. The van der Waals surface area contributed by atoms with Crippen molar-refractivity contribution in [3.05, 3.63) is 52.3 Å². The summed E-state index contributed by atoms with van der Waals surface area (Å²) >= 11 is 0. The molecule has 0 atom stereocenters. The fourth-order valence-electron chi connectivity index (χ4n) is 3.47. The lowest BCUT2D eigenvalue weighted by atomic mass is 10.1. The lowest BCUT2D eigenvalue weighted by Crippen LogP contribution is -2.39. The van der Waals surface area contributed by atoms with E-state index in [1.165, 1.54) is 6.07 Å². The number of hydrogen-bond donors (Lipinski definition) is 3. The second-order valence-corrected chi connectivity index (χ2v) is 7.97. The molecule has 0 unspecified atom stereocenters. The molecule has 190 valence electrons. The number of aliphatic imine (C=N–C) groups is 2. The largest absolute Gasteiger partial charge is 0.430 e. The summed E-state index contributed by atoms with van der Waals surface area (Å²) in [7, 11) is 0. The lowest BCUT2D eigenvalue weighted by Gasteiger charge is -2.20. The van der Waals surface area contributed by atoms with Crippen molar-refractivity contribution in [2.24, 2.45) is 15.7 Å². The van der Waals surface area contributed by atoms with Gasteiger partial charge in [0.1, 0.15) is 0 Å². The Labute approximate surface area is 207 Å². The van der Waals surface area contributed by atoms with Gasteiger partial charge in [0.15, 0.2) is 5.84 Å². The summed E-state index contributed by atoms with van der Waals surface area (Å²) < 4.78 is 9.26. The van der Waals surface area contributed by atoms with Crippen molar-refractivity contribution in [1.82, 2.24) is 15.2 Å². The van der Waals surface area contributed by atoms with Crippen LogP contribution < -0.4 is 11.1 Å². The number of nitrogens with zero attached hydrogens (tertiary/aromatic N) is 3. The Morgan fingerprint density at radius 1 is 1.28 bits per heavy atom. The number of amides is 3. The van der Waals surface area contributed by atoms with Crippen molar-refractivity contribution in [3.63, 3.8) is 0 Å². The summed E-state index contributed by atoms with van der Waals surface area (Å²) in [4.78, 5) is 61.1. The van der Waals surface area contributed by atoms with Gasteiger partial charge >= 0.3 is 6.09 Å². The molecule has 0 bridgehead atoms. The SMILES string of the molecule is CCNC(=O)c1c[nH]c(C(N=CN)=Nc2cc(C(=O)N(C(=O)OCOC=O)C3CC3)ccc2C)c1C. The van der Waals surface area contributed by atoms with Gasteiger partial charge in [-0.15, -0.1) is 0 Å². The van der Waals surface area contributed by atoms with Crippen LogP contribution in [-0.2, 0) is 14.3 Å². The van der Waals surface area contributed by atoms with Crippen LogP contribution in [0.15, 0.2) is 34.4 Å². The molecule has 1 heterocycles. The van der Waals surface area contributed by atoms with E-state index in [2.05, 4.69) is 25.0 Å². The Morgan fingerprint density at radius 2 is 2.03 bits per heavy atom. The molecule has 12 heteroatoms. The van der Waals surface area contributed by atoms with Crippen molar-refractivity contribution in [1.29, 1.82) is 0 Å². The maximum atomic E-state index is 13.2. The molecule has 3 rings (SSSR count). The summed E-state index contributed by atoms with van der Waals surface area (Å²) in [5.41, 5.74) is 8.50. The Morgan fingerprint density at radius 3 is 2.67 bits per heavy atom. The first kappa shape index (κ1) is 26.1. The number of H-pyrrole nitrogens is 1. The number of aromatic nitrogens is 1. The molecule has 0 radical (unpaired) electrons. The highest BCUT2D eigenvalue weighted by Crippen LogP contribution is 2.30. The molecule has 3 amide bonds. The first-order chi connectivity index (χ1) is 17.3. The van der Waals surface area contributed by atoms with Gasteiger partial charge in [0.25, 0.3) is 18.3 Å². The fraction of sp³-hybridized carbons (Fsp3) is 0.333. The summed E-state index contributed by atoms with van der Waals surface area (Å²) in [5.74, 6) is -0.589. The smallest absolute Gasteiger partial charge is 0.419 e. The van der Waals surface area contributed by atoms with Gasteiger partial charge in [-0.3, -0.25) is 14.4 Å². The number of carbonyl (C=O) groups excluding carboxylic acids is 4. The molecule has 2 aromatic rings. The van der Waals surface area contributed by atoms with E-state index in [0.717, 1.165) is 16.8 Å². The number of amidine groups is 1. The van der Waals surface area contributed by atoms with Gasteiger partial charge in [0, 0.05) is 24.3 Å². The van der Waals surface area contributed by atoms with Crippen LogP contribution in [0.25, 0.3) is 0 Å². The van der Waals surface area contributed by atoms with Crippen molar-refractivity contribution < 1.29 is 28.7 Å². The van der Waals surface area contributed by atoms with Crippen LogP contribution in [-0.4, -0.2) is 65.8 Å². The zero-order valence-electron chi connectivity index (χ0n) is 20.2. The monoisotopic (exact) mass is 496 g/mol. The van der Waals surface area contributed by atoms with Gasteiger partial charge < -0.3 is 25.5 Å². The van der Waals surface area contributed by atoms with E-state index in [9.17, 15) is 19.2 Å². The summed E-state index contributed by atoms with van der Waals surface area (Å²) in [6, 6.07) is 4.53. The van der Waals surface area contributed by atoms with Crippen molar-refractivity contribution in [2.45, 2.75) is 39.7 Å². The van der Waals surface area contributed by atoms with E-state index in [1.54, 1.807) is 25.3 Å². The van der Waals surface area contributed by atoms with Crippen molar-refractivity contribution in [3.8, 4) is 0 Å². The minimum atomic E-state index is -0.900. The van der Waals surface area contributed by atoms with Gasteiger partial charge in [0.2, 0.25) is 6.79 Å². The number of aromatic amines is 1. The lowest BCUT2D eigenvalue weighted by molar-refractivity contribution is -0.136. The Hall–Kier alpha value is -4.48. The number of nitrogens with two attached hydrogens (primary N) is 1. The van der Waals surface area contributed by atoms with Gasteiger partial charge in [-0.1, -0.05) is 6.07 Å². The van der Waals surface area contributed by atoms with E-state index in [0.29, 0.717) is 41.9 Å². The standard InChI is InChI=1S/C24H28N6O6/c1-4-26-22(32)18-10-27-20(15(18)3)21(28-11-25)29-19-9-16(6-5-14(19)2)23(33)30(17-7-8-17)24(34)36-13-35-12-31/h5-6,9-12,17,27H,4,7-8,13H2,1-3H3,(H,26,32)(H2,25,28,29). The van der Waals surface area contributed by atoms with E-state index >= 15 is 0 Å². The van der Waals surface area contributed by atoms with Crippen molar-refractivity contribution in [2.75, 3.05) is 13.3 Å². The number of imide groups is 1. The molecule has 1 aliphatic rings. The first-order valence-electron chi connectivity index (χ1n) is 11.3. The fourth-order valence-corrected chi connectivity index (χ4v) is 3.47. The highest BCUT2D eigenvalue weighted by Gasteiger charge is 2.39. The molecule has 1 saturated carbocycles. The number of benzene rings is 1. The minimum absolute atomic E-state index is 0.146. The van der Waals surface area contributed by atoms with Gasteiger partial charge in [-0.25, -0.2) is 19.7 Å². The third-order valence-electron chi connectivity index (χ3n) is 5.47. The molecule has 1 fully saturated rings. The Bertz CT molecular complexity index is 1210. The highest BCUT2D eigenvalue weighted by atomic mass is 16.7. The molecule has 0 spiro atoms. The third-order valence-corrected chi connectivity index (χ3v) is 5.47. The zero-order chi connectivity index (χ0) is 26.2. The predicted molar refractivity (Wildman–Crippen MR) is 131 cm³/mol. The summed E-state index contributed by atoms with van der Waals surface area (Å²) in [5, 5.41) is 2.75. The van der Waals surface area contributed by atoms with E-state index in [1.807, 2.05) is 13.8 Å². The van der Waals surface area contributed by atoms with E-state index < -0.39 is 18.8 Å². The van der Waals surface area contributed by atoms with Crippen LogP contribution in [0.1, 0.15) is 57.3 Å². The third kappa shape index (κ3) is 5.95. The molecule has 1 aromatic carbocycles. The van der Waals surface area contributed by atoms with Crippen LogP contribution in [0, 0.1) is 13.8 Å². The van der Waals surface area contributed by atoms with Crippen molar-refractivity contribution >= 4 is 42.2 Å². The molecule has 36 heavy (non-hydrogen) atoms. The second kappa shape index (κ2) is 11.8. The number of ether oxygens (including phenoxy) is 2. The molecule has 0 saturated heterocycles. The van der Waals surface area contributed by atoms with Gasteiger partial charge in [-0.2, -0.15) is 0 Å². The predicted octanol–water partition coefficient (Wildman–Crippen LogP) is 2.32. The molecule has 4 N–H and O–H groups in total. The van der Waals surface area contributed by atoms with E-state index in [-0.39, 0.29) is 29.8 Å². The Kier molecular flexibility index (Phi) is 8.55. The highest BCUT2D eigenvalue weighted by molar-refractivity contribution is 6.08. The topological polar surface area (TPSA) is 169 Å². The van der Waals surface area contributed by atoms with Crippen LogP contribution >= 0.6 is 0 Å². The quantitative estimate of drug-likeness (QED) is 0.157. The number of carbonyl (C=O) groups is 4. The van der Waals surface area contributed by atoms with Crippen LogP contribution in [0.4, 0.5) is 10.5 Å². The first-order valence-corrected chi connectivity index (χ1v) is 11.3. The van der Waals surface area contributed by atoms with E-state index in [4.69, 9.17) is 10.5 Å². The summed E-state index contributed by atoms with van der Waals surface area (Å²) in [6.07, 6.45) is 3.06. The molecular formula is C24H28N6O6. The summed E-state index contributed by atoms with van der Waals surface area (Å²) in [6.45, 7) is 5.44. The number of rotatable bonds is 9. The number of aryl methyl sites for hydroxylation is 1. The average molecular weight is 497 g/mol. The second-order valence-electron chi connectivity index (χ2n) is 7.97. The van der Waals surface area contributed by atoms with Crippen LogP contribution in [0.5, 0.6) is 0 Å². The Balaban J connectivity index is 1.95. The molecular weight excluding hydrogens is 468 g/mol. The maximum absolute atomic E-state index is 13.2. The number of nitrogens with one attached hydrogen (secondary N) is 2. The van der Waals surface area contributed by atoms with Gasteiger partial charge in [0.05, 0.1) is 23.3 Å². The minimum Gasteiger partial charge on any atom is -0.430 e.